The average molecular weight is 251 g/mol. The van der Waals surface area contributed by atoms with Crippen LogP contribution in [0.5, 0.6) is 5.75 Å². The number of hydrogen-bond donors (Lipinski definition) is 1. The van der Waals surface area contributed by atoms with E-state index in [1.807, 2.05) is 18.2 Å². The smallest absolute Gasteiger partial charge is 0.260 e. The molecule has 0 aliphatic heterocycles. The Morgan fingerprint density at radius 2 is 2.29 bits per heavy atom. The maximum absolute atomic E-state index is 9.80. The molecule has 2 aromatic rings. The van der Waals surface area contributed by atoms with Crippen molar-refractivity contribution in [3.8, 4) is 5.75 Å². The summed E-state index contributed by atoms with van der Waals surface area (Å²) < 4.78 is 10.4. The van der Waals surface area contributed by atoms with Crippen molar-refractivity contribution < 1.29 is 14.3 Å². The number of aliphatic hydroxyl groups is 1. The molecule has 1 aromatic heterocycles. The summed E-state index contributed by atoms with van der Waals surface area (Å²) in [5.41, 5.74) is 0.748. The molecule has 5 heteroatoms. The minimum Gasteiger partial charge on any atom is -0.496 e. The first-order valence-corrected chi connectivity index (χ1v) is 5.96. The topological polar surface area (TPSA) is 55.5 Å². The van der Waals surface area contributed by atoms with Crippen molar-refractivity contribution in [1.29, 1.82) is 0 Å². The summed E-state index contributed by atoms with van der Waals surface area (Å²) in [6.45, 7) is 1.71. The van der Waals surface area contributed by atoms with Crippen molar-refractivity contribution in [3.63, 3.8) is 0 Å². The predicted molar refractivity (Wildman–Crippen MR) is 64.3 cm³/mol. The largest absolute Gasteiger partial charge is 0.496 e. The summed E-state index contributed by atoms with van der Waals surface area (Å²) >= 11 is 1.36. The number of methoxy groups -OCH3 is 1. The standard InChI is InChI=1S/C12H13NO3S/c1-8(14)11-9(15-2)4-3-5-10(11)17-12-13-6-7-16-12/h3-8,14H,1-2H3/t8-/m0/s1. The van der Waals surface area contributed by atoms with Crippen LogP contribution in [0.3, 0.4) is 0 Å². The number of benzene rings is 1. The summed E-state index contributed by atoms with van der Waals surface area (Å²) in [5.74, 6) is 0.663. The molecule has 0 saturated heterocycles. The first kappa shape index (κ1) is 12.0. The molecule has 0 amide bonds. The molecule has 1 aromatic carbocycles. The number of aromatic nitrogens is 1. The van der Waals surface area contributed by atoms with Gasteiger partial charge < -0.3 is 14.3 Å². The van der Waals surface area contributed by atoms with Gasteiger partial charge in [-0.05, 0) is 30.8 Å². The quantitative estimate of drug-likeness (QED) is 0.905. The highest BCUT2D eigenvalue weighted by Gasteiger charge is 2.16. The second kappa shape index (κ2) is 5.25. The third kappa shape index (κ3) is 2.62. The summed E-state index contributed by atoms with van der Waals surface area (Å²) in [6, 6.07) is 5.59. The molecule has 0 aliphatic rings. The van der Waals surface area contributed by atoms with Gasteiger partial charge in [-0.1, -0.05) is 6.07 Å². The zero-order chi connectivity index (χ0) is 12.3. The molecule has 0 bridgehead atoms. The van der Waals surface area contributed by atoms with E-state index >= 15 is 0 Å². The first-order chi connectivity index (χ1) is 8.22. The van der Waals surface area contributed by atoms with Gasteiger partial charge in [0.2, 0.25) is 0 Å². The molecule has 17 heavy (non-hydrogen) atoms. The van der Waals surface area contributed by atoms with Gasteiger partial charge in [0, 0.05) is 10.5 Å². The number of hydrogen-bond acceptors (Lipinski definition) is 5. The second-order valence-electron chi connectivity index (χ2n) is 3.45. The molecule has 2 rings (SSSR count). The predicted octanol–water partition coefficient (Wildman–Crippen LogP) is 2.89. The Bertz CT molecular complexity index is 483. The molecule has 1 atom stereocenters. The fourth-order valence-corrected chi connectivity index (χ4v) is 2.49. The van der Waals surface area contributed by atoms with Crippen LogP contribution in [0.2, 0.25) is 0 Å². The fraction of sp³-hybridized carbons (Fsp3) is 0.250. The van der Waals surface area contributed by atoms with E-state index in [2.05, 4.69) is 4.98 Å². The van der Waals surface area contributed by atoms with Gasteiger partial charge in [-0.25, -0.2) is 4.98 Å². The van der Waals surface area contributed by atoms with Gasteiger partial charge in [0.05, 0.1) is 19.4 Å². The molecule has 0 unspecified atom stereocenters. The highest BCUT2D eigenvalue weighted by Crippen LogP contribution is 2.37. The van der Waals surface area contributed by atoms with E-state index in [0.29, 0.717) is 11.0 Å². The zero-order valence-electron chi connectivity index (χ0n) is 9.58. The lowest BCUT2D eigenvalue weighted by Gasteiger charge is -2.14. The van der Waals surface area contributed by atoms with Crippen LogP contribution in [0.4, 0.5) is 0 Å². The first-order valence-electron chi connectivity index (χ1n) is 5.14. The van der Waals surface area contributed by atoms with Crippen LogP contribution in [-0.2, 0) is 0 Å². The molecule has 0 spiro atoms. The Kier molecular flexibility index (Phi) is 3.71. The SMILES string of the molecule is COc1cccc(Sc2ncco2)c1[C@H](C)O. The molecule has 4 nitrogen and oxygen atoms in total. The normalized spacial score (nSPS) is 12.4. The van der Waals surface area contributed by atoms with E-state index in [1.54, 1.807) is 20.2 Å². The van der Waals surface area contributed by atoms with Crippen molar-refractivity contribution in [2.45, 2.75) is 23.1 Å². The Balaban J connectivity index is 2.39. The van der Waals surface area contributed by atoms with E-state index in [9.17, 15) is 5.11 Å². The second-order valence-corrected chi connectivity index (χ2v) is 4.44. The van der Waals surface area contributed by atoms with Crippen LogP contribution in [-0.4, -0.2) is 17.2 Å². The molecular formula is C12H13NO3S. The monoisotopic (exact) mass is 251 g/mol. The molecule has 0 saturated carbocycles. The van der Waals surface area contributed by atoms with Crippen LogP contribution >= 0.6 is 11.8 Å². The van der Waals surface area contributed by atoms with Gasteiger partial charge in [-0.2, -0.15) is 0 Å². The van der Waals surface area contributed by atoms with Crippen LogP contribution in [0, 0.1) is 0 Å². The van der Waals surface area contributed by atoms with Crippen molar-refractivity contribution in [3.05, 3.63) is 36.2 Å². The van der Waals surface area contributed by atoms with Gasteiger partial charge >= 0.3 is 0 Å². The van der Waals surface area contributed by atoms with Gasteiger partial charge in [0.15, 0.2) is 0 Å². The van der Waals surface area contributed by atoms with Crippen molar-refractivity contribution in [2.75, 3.05) is 7.11 Å². The number of rotatable bonds is 4. The number of nitrogens with zero attached hydrogens (tertiary/aromatic N) is 1. The molecular weight excluding hydrogens is 238 g/mol. The lowest BCUT2D eigenvalue weighted by Crippen LogP contribution is -1.98. The number of oxazole rings is 1. The highest BCUT2D eigenvalue weighted by molar-refractivity contribution is 7.99. The van der Waals surface area contributed by atoms with Crippen LogP contribution in [0.1, 0.15) is 18.6 Å². The average Bonchev–Trinajstić information content (AvgIpc) is 2.81. The minimum atomic E-state index is -0.608. The summed E-state index contributed by atoms with van der Waals surface area (Å²) in [7, 11) is 1.58. The van der Waals surface area contributed by atoms with Gasteiger partial charge in [0.1, 0.15) is 12.0 Å². The summed E-state index contributed by atoms with van der Waals surface area (Å²) in [6.07, 6.45) is 2.50. The fourth-order valence-electron chi connectivity index (χ4n) is 1.56. The molecule has 90 valence electrons. The Morgan fingerprint density at radius 3 is 2.88 bits per heavy atom. The van der Waals surface area contributed by atoms with E-state index in [-0.39, 0.29) is 0 Å². The molecule has 0 radical (unpaired) electrons. The Labute approximate surface area is 104 Å². The van der Waals surface area contributed by atoms with Gasteiger partial charge in [-0.3, -0.25) is 0 Å². The van der Waals surface area contributed by atoms with Gasteiger partial charge in [0.25, 0.3) is 5.22 Å². The Morgan fingerprint density at radius 1 is 1.47 bits per heavy atom. The van der Waals surface area contributed by atoms with Crippen LogP contribution in [0.25, 0.3) is 0 Å². The van der Waals surface area contributed by atoms with E-state index in [1.165, 1.54) is 18.0 Å². The Hall–Kier alpha value is -1.46. The minimum absolute atomic E-state index is 0.542. The highest BCUT2D eigenvalue weighted by atomic mass is 32.2. The van der Waals surface area contributed by atoms with Crippen LogP contribution < -0.4 is 4.74 Å². The lowest BCUT2D eigenvalue weighted by atomic mass is 10.1. The van der Waals surface area contributed by atoms with E-state index in [4.69, 9.17) is 9.15 Å². The number of ether oxygens (including phenoxy) is 1. The maximum atomic E-state index is 9.80. The van der Waals surface area contributed by atoms with Gasteiger partial charge in [-0.15, -0.1) is 0 Å². The number of aliphatic hydroxyl groups excluding tert-OH is 1. The summed E-state index contributed by atoms with van der Waals surface area (Å²) in [5, 5.41) is 10.3. The molecule has 1 heterocycles. The summed E-state index contributed by atoms with van der Waals surface area (Å²) in [4.78, 5) is 4.92. The van der Waals surface area contributed by atoms with E-state index in [0.717, 1.165) is 10.5 Å². The molecule has 0 fully saturated rings. The third-order valence-electron chi connectivity index (χ3n) is 2.27. The van der Waals surface area contributed by atoms with Crippen molar-refractivity contribution >= 4 is 11.8 Å². The van der Waals surface area contributed by atoms with Crippen molar-refractivity contribution in [2.24, 2.45) is 0 Å². The lowest BCUT2D eigenvalue weighted by molar-refractivity contribution is 0.191. The molecule has 0 aliphatic carbocycles. The van der Waals surface area contributed by atoms with E-state index < -0.39 is 6.10 Å². The maximum Gasteiger partial charge on any atom is 0.260 e. The van der Waals surface area contributed by atoms with Crippen LogP contribution in [0.15, 0.2) is 45.2 Å². The third-order valence-corrected chi connectivity index (χ3v) is 3.22. The van der Waals surface area contributed by atoms with Crippen molar-refractivity contribution in [1.82, 2.24) is 4.98 Å². The zero-order valence-corrected chi connectivity index (χ0v) is 10.4. The molecule has 1 N–H and O–H groups in total.